The second-order valence-corrected chi connectivity index (χ2v) is 5.28. The van der Waals surface area contributed by atoms with E-state index in [1.807, 2.05) is 32.0 Å². The lowest BCUT2D eigenvalue weighted by atomic mass is 10.1. The Labute approximate surface area is 132 Å². The summed E-state index contributed by atoms with van der Waals surface area (Å²) in [5.41, 5.74) is 1.45. The minimum Gasteiger partial charge on any atom is -0.377 e. The molecule has 0 bridgehead atoms. The summed E-state index contributed by atoms with van der Waals surface area (Å²) in [7, 11) is 3.79. The van der Waals surface area contributed by atoms with Gasteiger partial charge in [-0.1, -0.05) is 0 Å². The molecule has 1 aromatic heterocycles. The molecule has 2 rings (SSSR count). The molecule has 0 atom stereocenters. The highest BCUT2D eigenvalue weighted by atomic mass is 19.4. The van der Waals surface area contributed by atoms with Gasteiger partial charge in [0.25, 0.3) is 5.91 Å². The van der Waals surface area contributed by atoms with Crippen molar-refractivity contribution in [3.05, 3.63) is 53.2 Å². The Morgan fingerprint density at radius 3 is 2.35 bits per heavy atom. The first-order chi connectivity index (χ1) is 10.7. The van der Waals surface area contributed by atoms with Gasteiger partial charge in [-0.2, -0.15) is 13.2 Å². The van der Waals surface area contributed by atoms with Crippen molar-refractivity contribution < 1.29 is 18.0 Å². The summed E-state index contributed by atoms with van der Waals surface area (Å²) in [5, 5.41) is 2.48. The first kappa shape index (κ1) is 16.8. The zero-order chi connectivity index (χ0) is 17.2. The van der Waals surface area contributed by atoms with Crippen molar-refractivity contribution >= 4 is 17.4 Å². The lowest BCUT2D eigenvalue weighted by Crippen LogP contribution is -2.15. The van der Waals surface area contributed by atoms with E-state index in [0.29, 0.717) is 11.8 Å². The van der Waals surface area contributed by atoms with E-state index in [1.165, 1.54) is 0 Å². The molecule has 0 saturated heterocycles. The van der Waals surface area contributed by atoms with E-state index in [-0.39, 0.29) is 5.82 Å². The van der Waals surface area contributed by atoms with Crippen molar-refractivity contribution in [2.75, 3.05) is 24.3 Å². The van der Waals surface area contributed by atoms with Crippen molar-refractivity contribution in [1.82, 2.24) is 4.98 Å². The third-order valence-corrected chi connectivity index (χ3v) is 3.27. The second kappa shape index (κ2) is 6.28. The molecule has 0 aliphatic rings. The molecule has 1 N–H and O–H groups in total. The minimum atomic E-state index is -4.45. The van der Waals surface area contributed by atoms with E-state index in [9.17, 15) is 18.0 Å². The lowest BCUT2D eigenvalue weighted by molar-refractivity contribution is -0.137. The number of rotatable bonds is 3. The highest BCUT2D eigenvalue weighted by Gasteiger charge is 2.30. The molecular weight excluding hydrogens is 307 g/mol. The summed E-state index contributed by atoms with van der Waals surface area (Å²) < 4.78 is 37.4. The summed E-state index contributed by atoms with van der Waals surface area (Å²) in [5.74, 6) is -0.358. The Hall–Kier alpha value is -2.57. The van der Waals surface area contributed by atoms with Crippen LogP contribution in [0.1, 0.15) is 21.5 Å². The number of halogens is 3. The van der Waals surface area contributed by atoms with E-state index in [0.717, 1.165) is 23.4 Å². The van der Waals surface area contributed by atoms with Gasteiger partial charge in [0.2, 0.25) is 0 Å². The van der Waals surface area contributed by atoms with Gasteiger partial charge < -0.3 is 10.2 Å². The number of pyridine rings is 1. The predicted molar refractivity (Wildman–Crippen MR) is 82.7 cm³/mol. The molecule has 1 heterocycles. The molecule has 0 unspecified atom stereocenters. The van der Waals surface area contributed by atoms with Gasteiger partial charge in [-0.25, -0.2) is 4.98 Å². The van der Waals surface area contributed by atoms with Crippen LogP contribution in [0.25, 0.3) is 0 Å². The van der Waals surface area contributed by atoms with Gasteiger partial charge in [-0.3, -0.25) is 4.79 Å². The highest BCUT2D eigenvalue weighted by Crippen LogP contribution is 2.29. The van der Waals surface area contributed by atoms with Crippen molar-refractivity contribution in [2.24, 2.45) is 0 Å². The number of carbonyl (C=O) groups is 1. The summed E-state index contributed by atoms with van der Waals surface area (Å²) in [6.45, 7) is 1.88. The Bertz CT molecular complexity index is 710. The number of nitrogens with zero attached hydrogens (tertiary/aromatic N) is 2. The summed E-state index contributed by atoms with van der Waals surface area (Å²) in [6.07, 6.45) is -3.76. The monoisotopic (exact) mass is 323 g/mol. The quantitative estimate of drug-likeness (QED) is 0.936. The van der Waals surface area contributed by atoms with Crippen LogP contribution in [0.3, 0.4) is 0 Å². The average Bonchev–Trinajstić information content (AvgIpc) is 2.46. The van der Waals surface area contributed by atoms with E-state index >= 15 is 0 Å². The van der Waals surface area contributed by atoms with Gasteiger partial charge >= 0.3 is 6.18 Å². The minimum absolute atomic E-state index is 0.0670. The number of anilines is 2. The summed E-state index contributed by atoms with van der Waals surface area (Å²) >= 11 is 0. The van der Waals surface area contributed by atoms with Gasteiger partial charge in [0.15, 0.2) is 0 Å². The molecule has 0 aliphatic carbocycles. The number of nitrogens with one attached hydrogen (secondary N) is 1. The van der Waals surface area contributed by atoms with E-state index in [4.69, 9.17) is 0 Å². The van der Waals surface area contributed by atoms with Crippen LogP contribution in [-0.2, 0) is 6.18 Å². The van der Waals surface area contributed by atoms with Gasteiger partial charge in [0, 0.05) is 31.5 Å². The highest BCUT2D eigenvalue weighted by molar-refractivity contribution is 6.04. The normalized spacial score (nSPS) is 11.2. The molecule has 1 amide bonds. The maximum absolute atomic E-state index is 12.5. The van der Waals surface area contributed by atoms with Crippen LogP contribution in [0.15, 0.2) is 36.5 Å². The Balaban J connectivity index is 2.14. The summed E-state index contributed by atoms with van der Waals surface area (Å²) in [6, 6.07) is 7.19. The second-order valence-electron chi connectivity index (χ2n) is 5.28. The third kappa shape index (κ3) is 4.00. The number of aromatic nitrogens is 1. The van der Waals surface area contributed by atoms with E-state index in [2.05, 4.69) is 10.3 Å². The average molecular weight is 323 g/mol. The standard InChI is InChI=1S/C16H16F3N3O/c1-10-8-11(4-6-13(10)22(2)3)15(23)21-14-7-5-12(9-20-14)16(17,18)19/h4-9H,1-3H3,(H,20,21,23). The fourth-order valence-electron chi connectivity index (χ4n) is 2.12. The molecule has 0 aliphatic heterocycles. The Morgan fingerprint density at radius 1 is 1.17 bits per heavy atom. The topological polar surface area (TPSA) is 45.2 Å². The summed E-state index contributed by atoms with van der Waals surface area (Å²) in [4.78, 5) is 17.7. The van der Waals surface area contributed by atoms with Gasteiger partial charge in [-0.15, -0.1) is 0 Å². The molecule has 4 nitrogen and oxygen atoms in total. The fraction of sp³-hybridized carbons (Fsp3) is 0.250. The van der Waals surface area contributed by atoms with Crippen LogP contribution in [0.4, 0.5) is 24.7 Å². The van der Waals surface area contributed by atoms with Crippen LogP contribution >= 0.6 is 0 Å². The Morgan fingerprint density at radius 2 is 1.87 bits per heavy atom. The van der Waals surface area contributed by atoms with E-state index in [1.54, 1.807) is 12.1 Å². The van der Waals surface area contributed by atoms with Crippen LogP contribution in [-0.4, -0.2) is 25.0 Å². The van der Waals surface area contributed by atoms with Crippen LogP contribution in [0, 0.1) is 6.92 Å². The smallest absolute Gasteiger partial charge is 0.377 e. The zero-order valence-corrected chi connectivity index (χ0v) is 12.9. The molecule has 0 radical (unpaired) electrons. The van der Waals surface area contributed by atoms with Crippen molar-refractivity contribution in [1.29, 1.82) is 0 Å². The number of hydrogen-bond donors (Lipinski definition) is 1. The number of carbonyl (C=O) groups excluding carboxylic acids is 1. The molecular formula is C16H16F3N3O. The molecule has 1 aromatic carbocycles. The Kier molecular flexibility index (Phi) is 4.58. The zero-order valence-electron chi connectivity index (χ0n) is 12.9. The number of amides is 1. The molecule has 0 spiro atoms. The van der Waals surface area contributed by atoms with Gasteiger partial charge in [-0.05, 0) is 42.8 Å². The largest absolute Gasteiger partial charge is 0.417 e. The van der Waals surface area contributed by atoms with Gasteiger partial charge in [0.05, 0.1) is 5.56 Å². The van der Waals surface area contributed by atoms with Crippen molar-refractivity contribution in [3.8, 4) is 0 Å². The number of alkyl halides is 3. The number of hydrogen-bond acceptors (Lipinski definition) is 3. The number of aryl methyl sites for hydroxylation is 1. The molecule has 23 heavy (non-hydrogen) atoms. The third-order valence-electron chi connectivity index (χ3n) is 3.27. The van der Waals surface area contributed by atoms with Gasteiger partial charge in [0.1, 0.15) is 5.82 Å². The van der Waals surface area contributed by atoms with Crippen LogP contribution in [0.2, 0.25) is 0 Å². The van der Waals surface area contributed by atoms with Crippen LogP contribution < -0.4 is 10.2 Å². The first-order valence-corrected chi connectivity index (χ1v) is 6.81. The number of benzene rings is 1. The fourth-order valence-corrected chi connectivity index (χ4v) is 2.12. The SMILES string of the molecule is Cc1cc(C(=O)Nc2ccc(C(F)(F)F)cn2)ccc1N(C)C. The van der Waals surface area contributed by atoms with E-state index < -0.39 is 17.6 Å². The predicted octanol–water partition coefficient (Wildman–Crippen LogP) is 3.73. The maximum atomic E-state index is 12.5. The van der Waals surface area contributed by atoms with Crippen molar-refractivity contribution in [3.63, 3.8) is 0 Å². The molecule has 122 valence electrons. The molecule has 7 heteroatoms. The first-order valence-electron chi connectivity index (χ1n) is 6.81. The molecule has 2 aromatic rings. The van der Waals surface area contributed by atoms with Crippen LogP contribution in [0.5, 0.6) is 0 Å². The molecule has 0 saturated carbocycles. The molecule has 0 fully saturated rings. The van der Waals surface area contributed by atoms with Crippen molar-refractivity contribution in [2.45, 2.75) is 13.1 Å². The lowest BCUT2D eigenvalue weighted by Gasteiger charge is -2.16. The maximum Gasteiger partial charge on any atom is 0.417 e.